The number of fused-ring (bicyclic) bond motifs is 1. The van der Waals surface area contributed by atoms with Crippen molar-refractivity contribution in [1.82, 2.24) is 9.97 Å². The Hall–Kier alpha value is -2.42. The number of hydrogen-bond donors (Lipinski definition) is 2. The third-order valence-electron chi connectivity index (χ3n) is 3.86. The minimum atomic E-state index is -0.479. The number of thiophene rings is 1. The van der Waals surface area contributed by atoms with Gasteiger partial charge in [0.1, 0.15) is 22.1 Å². The van der Waals surface area contributed by atoms with Gasteiger partial charge in [-0.3, -0.25) is 4.79 Å². The average molecular weight is 408 g/mol. The van der Waals surface area contributed by atoms with E-state index < -0.39 is 5.97 Å². The second-order valence-corrected chi connectivity index (χ2v) is 7.17. The van der Waals surface area contributed by atoms with Crippen molar-refractivity contribution in [3.63, 3.8) is 0 Å². The van der Waals surface area contributed by atoms with E-state index in [1.54, 1.807) is 19.1 Å². The molecule has 0 fully saturated rings. The van der Waals surface area contributed by atoms with E-state index in [4.69, 9.17) is 21.1 Å². The molecule has 0 bridgehead atoms. The van der Waals surface area contributed by atoms with Crippen LogP contribution in [-0.2, 0) is 16.0 Å². The maximum absolute atomic E-state index is 12.5. The summed E-state index contributed by atoms with van der Waals surface area (Å²) in [5.74, 6) is -0.00390. The molecule has 2 heterocycles. The number of aromatic nitrogens is 2. The van der Waals surface area contributed by atoms with Gasteiger partial charge in [0.25, 0.3) is 5.56 Å². The largest absolute Gasteiger partial charge is 0.459 e. The van der Waals surface area contributed by atoms with Crippen LogP contribution in [0.3, 0.4) is 0 Å². The van der Waals surface area contributed by atoms with Crippen molar-refractivity contribution in [3.05, 3.63) is 55.9 Å². The molecule has 2 N–H and O–H groups in total. The number of hydrogen-bond acceptors (Lipinski definition) is 7. The number of H-pyrrole nitrogens is 1. The quantitative estimate of drug-likeness (QED) is 0.460. The maximum Gasteiger partial charge on any atom is 0.348 e. The fraction of sp³-hybridized carbons (Fsp3) is 0.278. The highest BCUT2D eigenvalue weighted by molar-refractivity contribution is 7.20. The molecule has 0 aliphatic rings. The molecular formula is C18H18ClN3O4S. The number of benzene rings is 1. The highest BCUT2D eigenvalue weighted by Crippen LogP contribution is 2.27. The number of anilines is 1. The standard InChI is InChI=1S/C18H18ClN3O4S/c1-10-14-16(23)21-13(9-20-12-5-3-11(19)4-6-12)22-17(14)27-15(10)18(24)26-8-7-25-2/h3-6,20H,7-9H2,1-2H3,(H,21,22,23). The first-order chi connectivity index (χ1) is 13.0. The maximum atomic E-state index is 12.5. The molecule has 0 spiro atoms. The lowest BCUT2D eigenvalue weighted by atomic mass is 10.2. The third kappa shape index (κ3) is 4.47. The van der Waals surface area contributed by atoms with E-state index in [1.807, 2.05) is 12.1 Å². The number of carbonyl (C=O) groups excluding carboxylic acids is 1. The Morgan fingerprint density at radius 3 is 2.74 bits per heavy atom. The summed E-state index contributed by atoms with van der Waals surface area (Å²) in [4.78, 5) is 32.8. The SMILES string of the molecule is COCCOC(=O)c1sc2nc(CNc3ccc(Cl)cc3)[nH]c(=O)c2c1C. The number of aromatic amines is 1. The first-order valence-corrected chi connectivity index (χ1v) is 9.37. The Kier molecular flexibility index (Phi) is 6.10. The van der Waals surface area contributed by atoms with Gasteiger partial charge in [-0.1, -0.05) is 11.6 Å². The molecule has 0 aliphatic carbocycles. The van der Waals surface area contributed by atoms with Gasteiger partial charge in [0.15, 0.2) is 0 Å². The Balaban J connectivity index is 1.82. The smallest absolute Gasteiger partial charge is 0.348 e. The van der Waals surface area contributed by atoms with Crippen molar-refractivity contribution < 1.29 is 14.3 Å². The number of rotatable bonds is 7. The van der Waals surface area contributed by atoms with Crippen LogP contribution in [0.1, 0.15) is 21.1 Å². The average Bonchev–Trinajstić information content (AvgIpc) is 2.98. The lowest BCUT2D eigenvalue weighted by Crippen LogP contribution is -2.14. The number of methoxy groups -OCH3 is 1. The number of nitrogens with zero attached hydrogens (tertiary/aromatic N) is 1. The van der Waals surface area contributed by atoms with Crippen LogP contribution < -0.4 is 10.9 Å². The molecule has 0 amide bonds. The first kappa shape index (κ1) is 19.3. The number of esters is 1. The summed E-state index contributed by atoms with van der Waals surface area (Å²) in [7, 11) is 1.53. The summed E-state index contributed by atoms with van der Waals surface area (Å²) in [6, 6.07) is 7.21. The Bertz CT molecular complexity index is 1010. The normalized spacial score (nSPS) is 10.9. The highest BCUT2D eigenvalue weighted by Gasteiger charge is 2.20. The van der Waals surface area contributed by atoms with Gasteiger partial charge in [-0.15, -0.1) is 11.3 Å². The Morgan fingerprint density at radius 2 is 2.04 bits per heavy atom. The van der Waals surface area contributed by atoms with Gasteiger partial charge in [-0.2, -0.15) is 0 Å². The molecule has 27 heavy (non-hydrogen) atoms. The zero-order valence-electron chi connectivity index (χ0n) is 14.8. The summed E-state index contributed by atoms with van der Waals surface area (Å²) >= 11 is 7.02. The van der Waals surface area contributed by atoms with Gasteiger partial charge in [0.2, 0.25) is 0 Å². The molecule has 0 saturated carbocycles. The van der Waals surface area contributed by atoms with E-state index >= 15 is 0 Å². The van der Waals surface area contributed by atoms with E-state index in [0.717, 1.165) is 17.0 Å². The van der Waals surface area contributed by atoms with Gasteiger partial charge < -0.3 is 19.8 Å². The second kappa shape index (κ2) is 8.51. The summed E-state index contributed by atoms with van der Waals surface area (Å²) in [6.07, 6.45) is 0. The Labute approximate surface area is 164 Å². The molecule has 0 unspecified atom stereocenters. The number of aryl methyl sites for hydroxylation is 1. The van der Waals surface area contributed by atoms with Crippen molar-refractivity contribution in [2.24, 2.45) is 0 Å². The van der Waals surface area contributed by atoms with Gasteiger partial charge in [0.05, 0.1) is 18.5 Å². The van der Waals surface area contributed by atoms with Gasteiger partial charge in [-0.05, 0) is 36.8 Å². The zero-order valence-corrected chi connectivity index (χ0v) is 16.4. The topological polar surface area (TPSA) is 93.3 Å². The molecule has 2 aromatic heterocycles. The molecule has 0 atom stereocenters. The molecule has 142 valence electrons. The van der Waals surface area contributed by atoms with E-state index in [2.05, 4.69) is 15.3 Å². The van der Waals surface area contributed by atoms with E-state index in [1.165, 1.54) is 7.11 Å². The monoisotopic (exact) mass is 407 g/mol. The molecule has 1 aromatic carbocycles. The number of ether oxygens (including phenoxy) is 2. The minimum absolute atomic E-state index is 0.156. The van der Waals surface area contributed by atoms with Crippen LogP contribution >= 0.6 is 22.9 Å². The van der Waals surface area contributed by atoms with Crippen LogP contribution in [0, 0.1) is 6.92 Å². The van der Waals surface area contributed by atoms with Crippen LogP contribution in [0.5, 0.6) is 0 Å². The lowest BCUT2D eigenvalue weighted by Gasteiger charge is -2.06. The number of nitrogens with one attached hydrogen (secondary N) is 2. The first-order valence-electron chi connectivity index (χ1n) is 8.17. The van der Waals surface area contributed by atoms with Crippen LogP contribution in [0.25, 0.3) is 10.2 Å². The second-order valence-electron chi connectivity index (χ2n) is 5.74. The molecular weight excluding hydrogens is 390 g/mol. The predicted molar refractivity (Wildman–Crippen MR) is 106 cm³/mol. The van der Waals surface area contributed by atoms with Gasteiger partial charge in [-0.25, -0.2) is 9.78 Å². The summed E-state index contributed by atoms with van der Waals surface area (Å²) in [5.41, 5.74) is 1.15. The summed E-state index contributed by atoms with van der Waals surface area (Å²) in [6.45, 7) is 2.52. The fourth-order valence-corrected chi connectivity index (χ4v) is 3.72. The zero-order chi connectivity index (χ0) is 19.4. The van der Waals surface area contributed by atoms with Crippen LogP contribution in [-0.4, -0.2) is 36.3 Å². The molecule has 0 saturated heterocycles. The number of halogens is 1. The van der Waals surface area contributed by atoms with Crippen LogP contribution in [0.15, 0.2) is 29.1 Å². The molecule has 0 aliphatic heterocycles. The molecule has 7 nitrogen and oxygen atoms in total. The molecule has 3 aromatic rings. The van der Waals surface area contributed by atoms with Gasteiger partial charge >= 0.3 is 5.97 Å². The molecule has 0 radical (unpaired) electrons. The molecule has 3 rings (SSSR count). The predicted octanol–water partition coefficient (Wildman–Crippen LogP) is 3.36. The van der Waals surface area contributed by atoms with E-state index in [9.17, 15) is 9.59 Å². The summed E-state index contributed by atoms with van der Waals surface area (Å²) in [5, 5.41) is 4.22. The van der Waals surface area contributed by atoms with Crippen molar-refractivity contribution >= 4 is 44.8 Å². The van der Waals surface area contributed by atoms with Crippen molar-refractivity contribution in [1.29, 1.82) is 0 Å². The third-order valence-corrected chi connectivity index (χ3v) is 5.28. The summed E-state index contributed by atoms with van der Waals surface area (Å²) < 4.78 is 10.0. The van der Waals surface area contributed by atoms with E-state index in [0.29, 0.717) is 44.7 Å². The van der Waals surface area contributed by atoms with Crippen LogP contribution in [0.4, 0.5) is 5.69 Å². The molecule has 9 heteroatoms. The van der Waals surface area contributed by atoms with Crippen molar-refractivity contribution in [2.45, 2.75) is 13.5 Å². The minimum Gasteiger partial charge on any atom is -0.459 e. The fourth-order valence-electron chi connectivity index (χ4n) is 2.50. The van der Waals surface area contributed by atoms with Crippen molar-refractivity contribution in [2.75, 3.05) is 25.6 Å². The Morgan fingerprint density at radius 1 is 1.30 bits per heavy atom. The highest BCUT2D eigenvalue weighted by atomic mass is 35.5. The van der Waals surface area contributed by atoms with Gasteiger partial charge in [0, 0.05) is 17.8 Å². The number of carbonyl (C=O) groups is 1. The lowest BCUT2D eigenvalue weighted by molar-refractivity contribution is 0.0393. The van der Waals surface area contributed by atoms with Crippen molar-refractivity contribution in [3.8, 4) is 0 Å². The van der Waals surface area contributed by atoms with Crippen LogP contribution in [0.2, 0.25) is 5.02 Å². The van der Waals surface area contributed by atoms with E-state index in [-0.39, 0.29) is 12.2 Å².